The molecule has 0 saturated carbocycles. The van der Waals surface area contributed by atoms with Gasteiger partial charge in [-0.2, -0.15) is 8.42 Å². The van der Waals surface area contributed by atoms with E-state index in [1.165, 1.54) is 0 Å². The third-order valence-corrected chi connectivity index (χ3v) is 5.93. The van der Waals surface area contributed by atoms with Crippen LogP contribution in [-0.2, 0) is 14.5 Å². The highest BCUT2D eigenvalue weighted by molar-refractivity contribution is 7.84. The molecule has 2 N–H and O–H groups in total. The van der Waals surface area contributed by atoms with E-state index in [9.17, 15) is 8.42 Å². The van der Waals surface area contributed by atoms with E-state index in [0.29, 0.717) is 40.9 Å². The number of aromatic nitrogens is 3. The normalized spacial score (nSPS) is 18.0. The first-order valence-corrected chi connectivity index (χ1v) is 10.8. The molecule has 0 radical (unpaired) electrons. The van der Waals surface area contributed by atoms with Crippen LogP contribution in [0.15, 0.2) is 36.9 Å². The molecule has 148 valence electrons. The zero-order valence-corrected chi connectivity index (χ0v) is 17.0. The molecular formula is C17H17Cl2N5O3S. The lowest BCUT2D eigenvalue weighted by Gasteiger charge is -2.33. The van der Waals surface area contributed by atoms with Crippen LogP contribution in [0, 0.1) is 0 Å². The highest BCUT2D eigenvalue weighted by Gasteiger charge is 2.26. The number of nitrogens with zero attached hydrogens (tertiary/aromatic N) is 4. The van der Waals surface area contributed by atoms with E-state index in [4.69, 9.17) is 37.5 Å². The Hall–Kier alpha value is -1.91. The second-order valence-electron chi connectivity index (χ2n) is 6.53. The van der Waals surface area contributed by atoms with Gasteiger partial charge in [0.05, 0.1) is 33.7 Å². The number of piperidine rings is 1. The van der Waals surface area contributed by atoms with Crippen LogP contribution in [0.3, 0.4) is 0 Å². The van der Waals surface area contributed by atoms with Gasteiger partial charge in [0.1, 0.15) is 5.82 Å². The lowest BCUT2D eigenvalue weighted by Crippen LogP contribution is -2.42. The van der Waals surface area contributed by atoms with Crippen molar-refractivity contribution in [1.29, 1.82) is 0 Å². The van der Waals surface area contributed by atoms with E-state index < -0.39 is 16.4 Å². The second kappa shape index (κ2) is 7.49. The standard InChI is InChI=1S/C17H17Cl2N5O3S/c18-13-4-3-12-14(24-7-5-21-10-24)8-15(22-17(12)16(13)19)23-6-1-2-11(9-23)27-28(20,25)26/h3-5,7-8,10-11H,1-2,6,9H2,(H2,20,25,26)/t11-/m0/s1. The third kappa shape index (κ3) is 3.94. The molecule has 0 aliphatic carbocycles. The summed E-state index contributed by atoms with van der Waals surface area (Å²) in [6.07, 6.45) is 5.99. The first-order valence-electron chi connectivity index (χ1n) is 8.55. The number of rotatable bonds is 4. The smallest absolute Gasteiger partial charge is 0.333 e. The topological polar surface area (TPSA) is 103 Å². The lowest BCUT2D eigenvalue weighted by molar-refractivity contribution is 0.186. The van der Waals surface area contributed by atoms with Crippen molar-refractivity contribution in [3.8, 4) is 5.69 Å². The number of pyridine rings is 1. The predicted octanol–water partition coefficient (Wildman–Crippen LogP) is 2.92. The van der Waals surface area contributed by atoms with Gasteiger partial charge < -0.3 is 9.47 Å². The van der Waals surface area contributed by atoms with Crippen LogP contribution < -0.4 is 10.0 Å². The Kier molecular flexibility index (Phi) is 5.19. The van der Waals surface area contributed by atoms with E-state index in [-0.39, 0.29) is 0 Å². The largest absolute Gasteiger partial charge is 0.354 e. The van der Waals surface area contributed by atoms with Gasteiger partial charge in [-0.25, -0.2) is 15.1 Å². The SMILES string of the molecule is NS(=O)(=O)O[C@H]1CCCN(c2cc(-n3ccnc3)c3ccc(Cl)c(Cl)c3n2)C1. The van der Waals surface area contributed by atoms with Gasteiger partial charge in [0.2, 0.25) is 0 Å². The monoisotopic (exact) mass is 441 g/mol. The fraction of sp³-hybridized carbons (Fsp3) is 0.294. The zero-order chi connectivity index (χ0) is 19.9. The maximum absolute atomic E-state index is 11.3. The fourth-order valence-electron chi connectivity index (χ4n) is 3.39. The van der Waals surface area contributed by atoms with E-state index in [1.807, 2.05) is 27.8 Å². The number of halogens is 2. The first kappa shape index (κ1) is 19.4. The van der Waals surface area contributed by atoms with Gasteiger partial charge in [-0.05, 0) is 25.0 Å². The molecule has 3 aromatic rings. The Morgan fingerprint density at radius 3 is 2.82 bits per heavy atom. The fourth-order valence-corrected chi connectivity index (χ4v) is 4.29. The summed E-state index contributed by atoms with van der Waals surface area (Å²) < 4.78 is 29.4. The van der Waals surface area contributed by atoms with Crippen molar-refractivity contribution < 1.29 is 12.6 Å². The highest BCUT2D eigenvalue weighted by atomic mass is 35.5. The quantitative estimate of drug-likeness (QED) is 0.667. The third-order valence-electron chi connectivity index (χ3n) is 4.59. The minimum absolute atomic E-state index is 0.344. The van der Waals surface area contributed by atoms with Crippen molar-refractivity contribution >= 4 is 50.2 Å². The molecule has 1 aliphatic rings. The number of anilines is 1. The van der Waals surface area contributed by atoms with Crippen molar-refractivity contribution in [2.45, 2.75) is 18.9 Å². The summed E-state index contributed by atoms with van der Waals surface area (Å²) in [5.74, 6) is 0.642. The van der Waals surface area contributed by atoms with Crippen LogP contribution in [0.4, 0.5) is 5.82 Å². The van der Waals surface area contributed by atoms with Crippen LogP contribution >= 0.6 is 23.2 Å². The maximum atomic E-state index is 11.3. The molecule has 8 nitrogen and oxygen atoms in total. The summed E-state index contributed by atoms with van der Waals surface area (Å²) in [6, 6.07) is 5.50. The molecule has 0 unspecified atom stereocenters. The van der Waals surface area contributed by atoms with Gasteiger partial charge in [0, 0.05) is 36.9 Å². The predicted molar refractivity (Wildman–Crippen MR) is 108 cm³/mol. The molecule has 4 rings (SSSR count). The first-order chi connectivity index (χ1) is 13.3. The average molecular weight is 442 g/mol. The molecule has 3 heterocycles. The number of hydrogen-bond donors (Lipinski definition) is 1. The number of benzene rings is 1. The molecule has 1 aliphatic heterocycles. The summed E-state index contributed by atoms with van der Waals surface area (Å²) in [6.45, 7) is 1.04. The van der Waals surface area contributed by atoms with Gasteiger partial charge in [0.15, 0.2) is 0 Å². The minimum atomic E-state index is -4.02. The van der Waals surface area contributed by atoms with Gasteiger partial charge in [-0.15, -0.1) is 0 Å². The molecule has 11 heteroatoms. The van der Waals surface area contributed by atoms with Crippen LogP contribution in [-0.4, -0.2) is 42.1 Å². The molecule has 1 aromatic carbocycles. The Morgan fingerprint density at radius 1 is 1.29 bits per heavy atom. The van der Waals surface area contributed by atoms with Crippen molar-refractivity contribution in [2.24, 2.45) is 5.14 Å². The molecule has 0 spiro atoms. The molecule has 28 heavy (non-hydrogen) atoms. The van der Waals surface area contributed by atoms with Gasteiger partial charge in [0.25, 0.3) is 0 Å². The second-order valence-corrected chi connectivity index (χ2v) is 8.49. The number of fused-ring (bicyclic) bond motifs is 1. The van der Waals surface area contributed by atoms with E-state index in [2.05, 4.69) is 4.98 Å². The number of nitrogens with two attached hydrogens (primary N) is 1. The van der Waals surface area contributed by atoms with Crippen molar-refractivity contribution in [2.75, 3.05) is 18.0 Å². The molecule has 0 amide bonds. The Labute approximate surface area is 172 Å². The summed E-state index contributed by atoms with van der Waals surface area (Å²) >= 11 is 12.6. The zero-order valence-electron chi connectivity index (χ0n) is 14.6. The number of imidazole rings is 1. The van der Waals surface area contributed by atoms with Crippen LogP contribution in [0.1, 0.15) is 12.8 Å². The maximum Gasteiger partial charge on any atom is 0.333 e. The van der Waals surface area contributed by atoms with Crippen LogP contribution in [0.2, 0.25) is 10.0 Å². The molecule has 0 bridgehead atoms. The van der Waals surface area contributed by atoms with E-state index in [1.54, 1.807) is 18.6 Å². The van der Waals surface area contributed by atoms with Crippen LogP contribution in [0.25, 0.3) is 16.6 Å². The Morgan fingerprint density at radius 2 is 2.11 bits per heavy atom. The molecule has 1 atom stereocenters. The van der Waals surface area contributed by atoms with Gasteiger partial charge in [-0.1, -0.05) is 23.2 Å². The molecule has 1 fully saturated rings. The van der Waals surface area contributed by atoms with Gasteiger partial charge in [-0.3, -0.25) is 4.18 Å². The molecule has 1 saturated heterocycles. The highest BCUT2D eigenvalue weighted by Crippen LogP contribution is 2.35. The summed E-state index contributed by atoms with van der Waals surface area (Å²) in [4.78, 5) is 10.8. The molecular weight excluding hydrogens is 425 g/mol. The summed E-state index contributed by atoms with van der Waals surface area (Å²) in [5, 5.41) is 6.61. The Bertz CT molecular complexity index is 1120. The van der Waals surface area contributed by atoms with Crippen molar-refractivity contribution in [1.82, 2.24) is 14.5 Å². The van der Waals surface area contributed by atoms with E-state index in [0.717, 1.165) is 17.5 Å². The summed E-state index contributed by atoms with van der Waals surface area (Å²) in [7, 11) is -4.02. The average Bonchev–Trinajstić information content (AvgIpc) is 3.17. The van der Waals surface area contributed by atoms with Crippen molar-refractivity contribution in [3.05, 3.63) is 47.0 Å². The lowest BCUT2D eigenvalue weighted by atomic mass is 10.1. The Balaban J connectivity index is 1.80. The van der Waals surface area contributed by atoms with Crippen molar-refractivity contribution in [3.63, 3.8) is 0 Å². The van der Waals surface area contributed by atoms with E-state index >= 15 is 0 Å². The minimum Gasteiger partial charge on any atom is -0.354 e. The molecule has 2 aromatic heterocycles. The summed E-state index contributed by atoms with van der Waals surface area (Å²) in [5.41, 5.74) is 1.40. The van der Waals surface area contributed by atoms with Crippen LogP contribution in [0.5, 0.6) is 0 Å². The number of hydrogen-bond acceptors (Lipinski definition) is 6. The van der Waals surface area contributed by atoms with Gasteiger partial charge >= 0.3 is 10.3 Å².